The molecule has 1 aliphatic rings. The number of carbonyl (C=O) groups is 1. The summed E-state index contributed by atoms with van der Waals surface area (Å²) in [7, 11) is 3.01. The van der Waals surface area contributed by atoms with Gasteiger partial charge in [0.15, 0.2) is 0 Å². The van der Waals surface area contributed by atoms with Crippen molar-refractivity contribution in [2.24, 2.45) is 0 Å². The van der Waals surface area contributed by atoms with Crippen LogP contribution in [-0.2, 0) is 4.74 Å². The highest BCUT2D eigenvalue weighted by atomic mass is 16.5. The average molecular weight is 400 g/mol. The second kappa shape index (κ2) is 10.1. The molecule has 1 heterocycles. The number of carbonyl (C=O) groups excluding carboxylic acids is 1. The highest BCUT2D eigenvalue weighted by Gasteiger charge is 2.20. The van der Waals surface area contributed by atoms with Crippen molar-refractivity contribution < 1.29 is 24.1 Å². The lowest BCUT2D eigenvalue weighted by atomic mass is 10.2. The molecule has 2 aromatic carbocycles. The summed E-state index contributed by atoms with van der Waals surface area (Å²) in [6, 6.07) is 14.8. The molecule has 1 fully saturated rings. The molecule has 0 radical (unpaired) electrons. The monoisotopic (exact) mass is 400 g/mol. The summed E-state index contributed by atoms with van der Waals surface area (Å²) in [5, 5.41) is 10.3. The maximum Gasteiger partial charge on any atom is 0.337 e. The maximum atomic E-state index is 11.4. The van der Waals surface area contributed by atoms with Crippen LogP contribution in [0.2, 0.25) is 0 Å². The first-order valence-electron chi connectivity index (χ1n) is 9.69. The van der Waals surface area contributed by atoms with Crippen molar-refractivity contribution in [2.45, 2.75) is 6.10 Å². The molecule has 0 aliphatic carbocycles. The maximum absolute atomic E-state index is 11.4. The standard InChI is InChI=1S/C22H28N2O5/c1-27-20-9-5-18(6-10-20)24-13-11-23(12-14-24)15-19(25)16-29-21-7-3-17(4-8-21)22(26)28-2/h3-10,19,25H,11-16H2,1-2H3. The molecule has 2 aromatic rings. The summed E-state index contributed by atoms with van der Waals surface area (Å²) < 4.78 is 15.5. The minimum Gasteiger partial charge on any atom is -0.497 e. The molecule has 7 heteroatoms. The van der Waals surface area contributed by atoms with Crippen LogP contribution in [0.15, 0.2) is 48.5 Å². The van der Waals surface area contributed by atoms with Crippen molar-refractivity contribution in [2.75, 3.05) is 58.5 Å². The predicted octanol–water partition coefficient (Wildman–Crippen LogP) is 2.04. The Morgan fingerprint density at radius 2 is 1.59 bits per heavy atom. The summed E-state index contributed by atoms with van der Waals surface area (Å²) in [6.45, 7) is 4.37. The second-order valence-corrected chi connectivity index (χ2v) is 6.97. The third kappa shape index (κ3) is 5.85. The second-order valence-electron chi connectivity index (χ2n) is 6.97. The van der Waals surface area contributed by atoms with Crippen molar-refractivity contribution in [1.29, 1.82) is 0 Å². The lowest BCUT2D eigenvalue weighted by molar-refractivity contribution is 0.0599. The van der Waals surface area contributed by atoms with E-state index >= 15 is 0 Å². The SMILES string of the molecule is COC(=O)c1ccc(OCC(O)CN2CCN(c3ccc(OC)cc3)CC2)cc1. The Labute approximate surface area is 171 Å². The van der Waals surface area contributed by atoms with Gasteiger partial charge in [-0.25, -0.2) is 4.79 Å². The number of ether oxygens (including phenoxy) is 3. The molecule has 3 rings (SSSR count). The van der Waals surface area contributed by atoms with Crippen molar-refractivity contribution in [3.8, 4) is 11.5 Å². The Morgan fingerprint density at radius 1 is 0.966 bits per heavy atom. The van der Waals surface area contributed by atoms with E-state index in [1.165, 1.54) is 12.8 Å². The average Bonchev–Trinajstić information content (AvgIpc) is 2.78. The summed E-state index contributed by atoms with van der Waals surface area (Å²) in [5.74, 6) is 1.09. The quantitative estimate of drug-likeness (QED) is 0.680. The fourth-order valence-corrected chi connectivity index (χ4v) is 3.33. The van der Waals surface area contributed by atoms with Crippen LogP contribution in [0.25, 0.3) is 0 Å². The number of hydrogen-bond donors (Lipinski definition) is 1. The zero-order valence-corrected chi connectivity index (χ0v) is 16.9. The summed E-state index contributed by atoms with van der Waals surface area (Å²) in [5.41, 5.74) is 1.65. The number of hydrogen-bond acceptors (Lipinski definition) is 7. The molecule has 0 spiro atoms. The molecule has 1 aliphatic heterocycles. The van der Waals surface area contributed by atoms with E-state index in [-0.39, 0.29) is 12.6 Å². The van der Waals surface area contributed by atoms with Gasteiger partial charge in [0.25, 0.3) is 0 Å². The molecule has 1 N–H and O–H groups in total. The number of β-amino-alcohol motifs (C(OH)–C–C–N with tert-alkyl or cyclic N) is 1. The summed E-state index contributed by atoms with van der Waals surface area (Å²) in [4.78, 5) is 16.0. The van der Waals surface area contributed by atoms with Crippen LogP contribution in [0.1, 0.15) is 10.4 Å². The van der Waals surface area contributed by atoms with Crippen LogP contribution in [0, 0.1) is 0 Å². The number of esters is 1. The fraction of sp³-hybridized carbons (Fsp3) is 0.409. The lowest BCUT2D eigenvalue weighted by Crippen LogP contribution is -2.49. The molecule has 0 saturated carbocycles. The Balaban J connectivity index is 1.40. The number of anilines is 1. The molecule has 1 saturated heterocycles. The molecule has 7 nitrogen and oxygen atoms in total. The van der Waals surface area contributed by atoms with Crippen molar-refractivity contribution in [3.05, 3.63) is 54.1 Å². The molecule has 1 unspecified atom stereocenters. The van der Waals surface area contributed by atoms with Gasteiger partial charge in [-0.3, -0.25) is 4.90 Å². The Kier molecular flexibility index (Phi) is 7.32. The van der Waals surface area contributed by atoms with Gasteiger partial charge in [0.05, 0.1) is 19.8 Å². The first kappa shape index (κ1) is 21.0. The normalized spacial score (nSPS) is 15.6. The van der Waals surface area contributed by atoms with E-state index in [1.54, 1.807) is 31.4 Å². The number of piperazine rings is 1. The highest BCUT2D eigenvalue weighted by Crippen LogP contribution is 2.20. The molecule has 0 bridgehead atoms. The van der Waals surface area contributed by atoms with Gasteiger partial charge in [-0.05, 0) is 48.5 Å². The van der Waals surface area contributed by atoms with Gasteiger partial charge in [0, 0.05) is 38.4 Å². The molecular weight excluding hydrogens is 372 g/mol. The fourth-order valence-electron chi connectivity index (χ4n) is 3.33. The lowest BCUT2D eigenvalue weighted by Gasteiger charge is -2.36. The topological polar surface area (TPSA) is 71.5 Å². The van der Waals surface area contributed by atoms with Crippen molar-refractivity contribution in [1.82, 2.24) is 4.90 Å². The van der Waals surface area contributed by atoms with Crippen LogP contribution in [0.3, 0.4) is 0 Å². The van der Waals surface area contributed by atoms with Gasteiger partial charge >= 0.3 is 5.97 Å². The molecule has 156 valence electrons. The van der Waals surface area contributed by atoms with Crippen LogP contribution in [-0.4, -0.2) is 75.6 Å². The molecule has 0 amide bonds. The molecule has 29 heavy (non-hydrogen) atoms. The number of rotatable bonds is 8. The van der Waals surface area contributed by atoms with Gasteiger partial charge in [-0.15, -0.1) is 0 Å². The minimum atomic E-state index is -0.581. The Hall–Kier alpha value is -2.77. The van der Waals surface area contributed by atoms with E-state index < -0.39 is 6.10 Å². The third-order valence-electron chi connectivity index (χ3n) is 5.00. The Bertz CT molecular complexity index is 771. The van der Waals surface area contributed by atoms with Crippen LogP contribution in [0.5, 0.6) is 11.5 Å². The number of nitrogens with zero attached hydrogens (tertiary/aromatic N) is 2. The van der Waals surface area contributed by atoms with E-state index in [0.29, 0.717) is 17.9 Å². The minimum absolute atomic E-state index is 0.205. The number of aliphatic hydroxyl groups is 1. The van der Waals surface area contributed by atoms with Crippen molar-refractivity contribution in [3.63, 3.8) is 0 Å². The largest absolute Gasteiger partial charge is 0.497 e. The smallest absolute Gasteiger partial charge is 0.337 e. The third-order valence-corrected chi connectivity index (χ3v) is 5.00. The van der Waals surface area contributed by atoms with Crippen LogP contribution >= 0.6 is 0 Å². The van der Waals surface area contributed by atoms with E-state index in [1.807, 2.05) is 12.1 Å². The Morgan fingerprint density at radius 3 is 2.17 bits per heavy atom. The zero-order valence-electron chi connectivity index (χ0n) is 16.9. The van der Waals surface area contributed by atoms with Gasteiger partial charge < -0.3 is 24.2 Å². The molecule has 0 aromatic heterocycles. The van der Waals surface area contributed by atoms with Crippen molar-refractivity contribution >= 4 is 11.7 Å². The summed E-state index contributed by atoms with van der Waals surface area (Å²) in [6.07, 6.45) is -0.581. The van der Waals surface area contributed by atoms with E-state index in [9.17, 15) is 9.90 Å². The van der Waals surface area contributed by atoms with Crippen LogP contribution in [0.4, 0.5) is 5.69 Å². The molecule has 1 atom stereocenters. The highest BCUT2D eigenvalue weighted by molar-refractivity contribution is 5.89. The first-order valence-corrected chi connectivity index (χ1v) is 9.69. The predicted molar refractivity (Wildman–Crippen MR) is 111 cm³/mol. The van der Waals surface area contributed by atoms with Gasteiger partial charge in [0.2, 0.25) is 0 Å². The first-order chi connectivity index (χ1) is 14.1. The van der Waals surface area contributed by atoms with E-state index in [0.717, 1.165) is 31.9 Å². The number of benzene rings is 2. The van der Waals surface area contributed by atoms with Gasteiger partial charge in [0.1, 0.15) is 24.2 Å². The van der Waals surface area contributed by atoms with Crippen LogP contribution < -0.4 is 14.4 Å². The zero-order chi connectivity index (χ0) is 20.6. The number of aliphatic hydroxyl groups excluding tert-OH is 1. The van der Waals surface area contributed by atoms with E-state index in [2.05, 4.69) is 26.7 Å². The van der Waals surface area contributed by atoms with Gasteiger partial charge in [-0.2, -0.15) is 0 Å². The van der Waals surface area contributed by atoms with E-state index in [4.69, 9.17) is 9.47 Å². The number of methoxy groups -OCH3 is 2. The summed E-state index contributed by atoms with van der Waals surface area (Å²) >= 11 is 0. The molecular formula is C22H28N2O5. The van der Waals surface area contributed by atoms with Gasteiger partial charge in [-0.1, -0.05) is 0 Å².